The molecule has 0 bridgehead atoms. The molecule has 13 nitrogen and oxygen atoms in total. The summed E-state index contributed by atoms with van der Waals surface area (Å²) in [5.74, 6) is 1.24. The molecule has 6 aliphatic rings. The number of hydrazone groups is 2. The Hall–Kier alpha value is -5.86. The molecule has 2 aromatic heterocycles. The zero-order valence-corrected chi connectivity index (χ0v) is 37.9. The van der Waals surface area contributed by atoms with Gasteiger partial charge in [-0.25, -0.2) is 24.5 Å². The zero-order valence-electron chi connectivity index (χ0n) is 36.4. The average molecular weight is 900 g/mol. The van der Waals surface area contributed by atoms with E-state index in [1.54, 1.807) is 31.3 Å². The first-order chi connectivity index (χ1) is 31.2. The van der Waals surface area contributed by atoms with Gasteiger partial charge in [-0.15, -0.1) is 0 Å². The highest BCUT2D eigenvalue weighted by molar-refractivity contribution is 6.34. The summed E-state index contributed by atoms with van der Waals surface area (Å²) in [6.07, 6.45) is 13.5. The monoisotopic (exact) mass is 898 g/mol. The summed E-state index contributed by atoms with van der Waals surface area (Å²) in [5.41, 5.74) is 14.1. The smallest absolute Gasteiger partial charge is 0.356 e. The number of carbonyl (C=O) groups excluding carboxylic acids is 2. The summed E-state index contributed by atoms with van der Waals surface area (Å²) >= 11 is 12.7. The van der Waals surface area contributed by atoms with Gasteiger partial charge in [-0.3, -0.25) is 14.8 Å². The number of ether oxygens (including phenoxy) is 1. The first-order valence-electron chi connectivity index (χ1n) is 22.2. The molecule has 4 unspecified atom stereocenters. The van der Waals surface area contributed by atoms with Crippen molar-refractivity contribution in [2.24, 2.45) is 39.6 Å². The number of pyridine rings is 2. The SMILES string of the molecule is CN.[C-]#[N+]c1ccc(N2N=C3c4ccc(C(=O)NC)nc4CCC3C2C2CCCC2)cc1Cl.[C-]#[N+]c1ccc(N2N=C3c4ccc(C(=O)OC)nc4CCC3C2C2CCCC2)cc1Cl. The van der Waals surface area contributed by atoms with Crippen LogP contribution in [0.1, 0.15) is 108 Å². The third-order valence-electron chi connectivity index (χ3n) is 13.7. The number of nitrogens with one attached hydrogen (secondary N) is 1. The van der Waals surface area contributed by atoms with Crippen LogP contribution in [0.3, 0.4) is 0 Å². The van der Waals surface area contributed by atoms with Gasteiger partial charge in [0.2, 0.25) is 11.4 Å². The Morgan fingerprint density at radius 2 is 1.12 bits per heavy atom. The van der Waals surface area contributed by atoms with Gasteiger partial charge in [-0.05, 0) is 119 Å². The number of benzene rings is 2. The molecule has 4 aromatic rings. The Morgan fingerprint density at radius 3 is 1.53 bits per heavy atom. The number of anilines is 2. The Kier molecular flexibility index (Phi) is 13.6. The van der Waals surface area contributed by atoms with Crippen molar-refractivity contribution in [3.63, 3.8) is 0 Å². The molecule has 4 aliphatic carbocycles. The maximum Gasteiger partial charge on any atom is 0.356 e. The minimum atomic E-state index is -0.418. The molecule has 2 saturated carbocycles. The lowest BCUT2D eigenvalue weighted by Gasteiger charge is -2.34. The quantitative estimate of drug-likeness (QED) is 0.144. The molecule has 4 atom stereocenters. The van der Waals surface area contributed by atoms with Gasteiger partial charge in [0.05, 0.1) is 66.5 Å². The number of carbonyl (C=O) groups is 2. The van der Waals surface area contributed by atoms with E-state index in [2.05, 4.69) is 40.7 Å². The lowest BCUT2D eigenvalue weighted by molar-refractivity contribution is 0.0593. The van der Waals surface area contributed by atoms with Crippen LogP contribution in [0.2, 0.25) is 10.0 Å². The third-order valence-corrected chi connectivity index (χ3v) is 14.3. The molecule has 330 valence electrons. The molecule has 0 radical (unpaired) electrons. The number of hydrogen-bond acceptors (Lipinski definition) is 10. The molecule has 15 heteroatoms. The number of aryl methyl sites for hydroxylation is 2. The number of hydrogen-bond donors (Lipinski definition) is 2. The second-order valence-electron chi connectivity index (χ2n) is 17.0. The van der Waals surface area contributed by atoms with Crippen molar-refractivity contribution in [3.05, 3.63) is 127 Å². The van der Waals surface area contributed by atoms with Gasteiger partial charge in [0.25, 0.3) is 5.91 Å². The molecule has 10 rings (SSSR count). The number of nitrogens with zero attached hydrogens (tertiary/aromatic N) is 8. The third kappa shape index (κ3) is 8.45. The number of halogens is 2. The lowest BCUT2D eigenvalue weighted by Crippen LogP contribution is -2.40. The van der Waals surface area contributed by atoms with Gasteiger partial charge in [-0.1, -0.05) is 61.0 Å². The van der Waals surface area contributed by atoms with Crippen LogP contribution in [0, 0.1) is 36.8 Å². The van der Waals surface area contributed by atoms with Crippen LogP contribution in [0.25, 0.3) is 9.69 Å². The molecule has 0 spiro atoms. The highest BCUT2D eigenvalue weighted by atomic mass is 35.5. The minimum Gasteiger partial charge on any atom is -0.464 e. The lowest BCUT2D eigenvalue weighted by atomic mass is 9.76. The molecular weight excluding hydrogens is 848 g/mol. The van der Waals surface area contributed by atoms with Crippen LogP contribution in [0.15, 0.2) is 70.9 Å². The van der Waals surface area contributed by atoms with Crippen LogP contribution >= 0.6 is 23.2 Å². The second kappa shape index (κ2) is 19.5. The molecular formula is C49H52Cl2N10O3. The number of methoxy groups -OCH3 is 1. The standard InChI is InChI=1S/C24H24ClN5O.C24H23ClN4O2.CH5N/c1-26-20-10-7-15(13-18(20)25)30-23(14-5-3-4-6-14)17-9-11-19-16(22(17)29-30)8-12-21(28-19)24(31)27-2;1-26-20-10-7-15(13-18(20)25)29-23(14-5-3-4-6-14)17-9-11-19-16(22(17)28-29)8-12-21(27-19)24(30)31-2;1-2/h7-8,10,12-14,17,23H,3-6,9,11H2,2H3,(H,27,31);7-8,10,12-14,17,23H,3-6,9,11H2,2H3;2H2,1H3. The minimum absolute atomic E-state index is 0.168. The Balaban J connectivity index is 0.000000169. The van der Waals surface area contributed by atoms with Crippen LogP contribution in [0.5, 0.6) is 0 Å². The van der Waals surface area contributed by atoms with E-state index < -0.39 is 5.97 Å². The van der Waals surface area contributed by atoms with Crippen LogP contribution in [0.4, 0.5) is 22.7 Å². The summed E-state index contributed by atoms with van der Waals surface area (Å²) in [5, 5.41) is 18.1. The van der Waals surface area contributed by atoms with E-state index in [0.29, 0.717) is 62.5 Å². The Morgan fingerprint density at radius 1 is 0.688 bits per heavy atom. The second-order valence-corrected chi connectivity index (χ2v) is 17.8. The molecule has 2 aromatic carbocycles. The maximum absolute atomic E-state index is 12.0. The normalized spacial score (nSPS) is 21.9. The van der Waals surface area contributed by atoms with E-state index in [9.17, 15) is 9.59 Å². The van der Waals surface area contributed by atoms with Crippen LogP contribution in [-0.4, -0.2) is 66.6 Å². The summed E-state index contributed by atoms with van der Waals surface area (Å²) in [6, 6.07) is 19.2. The molecule has 64 heavy (non-hydrogen) atoms. The molecule has 2 aliphatic heterocycles. The summed E-state index contributed by atoms with van der Waals surface area (Å²) in [6.45, 7) is 14.6. The number of esters is 1. The van der Waals surface area contributed by atoms with Crippen LogP contribution < -0.4 is 21.1 Å². The predicted molar refractivity (Wildman–Crippen MR) is 252 cm³/mol. The van der Waals surface area contributed by atoms with E-state index in [1.165, 1.54) is 65.5 Å². The van der Waals surface area contributed by atoms with E-state index >= 15 is 0 Å². The van der Waals surface area contributed by atoms with Gasteiger partial charge in [-0.2, -0.15) is 10.2 Å². The molecule has 3 N–H and O–H groups in total. The molecule has 1 amide bonds. The fourth-order valence-electron chi connectivity index (χ4n) is 10.8. The van der Waals surface area contributed by atoms with Crippen molar-refractivity contribution in [2.45, 2.75) is 89.1 Å². The predicted octanol–water partition coefficient (Wildman–Crippen LogP) is 9.98. The maximum atomic E-state index is 12.0. The van der Waals surface area contributed by atoms with Gasteiger partial charge in [0.15, 0.2) is 0 Å². The Bertz CT molecular complexity index is 2410. The number of aromatic nitrogens is 2. The van der Waals surface area contributed by atoms with Crippen molar-refractivity contribution in [3.8, 4) is 0 Å². The van der Waals surface area contributed by atoms with E-state index in [-0.39, 0.29) is 11.9 Å². The highest BCUT2D eigenvalue weighted by Gasteiger charge is 2.47. The largest absolute Gasteiger partial charge is 0.464 e. The molecule has 4 heterocycles. The van der Waals surface area contributed by atoms with Gasteiger partial charge >= 0.3 is 5.97 Å². The van der Waals surface area contributed by atoms with Crippen molar-refractivity contribution in [1.29, 1.82) is 0 Å². The number of nitrogens with two attached hydrogens (primary N) is 1. The van der Waals surface area contributed by atoms with Gasteiger partial charge in [0, 0.05) is 40.1 Å². The van der Waals surface area contributed by atoms with E-state index in [0.717, 1.165) is 71.0 Å². The summed E-state index contributed by atoms with van der Waals surface area (Å²) < 4.78 is 4.83. The number of amides is 1. The van der Waals surface area contributed by atoms with Crippen LogP contribution in [-0.2, 0) is 17.6 Å². The fraction of sp³-hybridized carbons (Fsp3) is 0.429. The fourth-order valence-corrected chi connectivity index (χ4v) is 11.2. The van der Waals surface area contributed by atoms with Crippen molar-refractivity contribution in [2.75, 3.05) is 31.2 Å². The number of rotatable bonds is 6. The van der Waals surface area contributed by atoms with Crippen molar-refractivity contribution in [1.82, 2.24) is 15.3 Å². The first-order valence-corrected chi connectivity index (χ1v) is 22.9. The van der Waals surface area contributed by atoms with Crippen molar-refractivity contribution < 1.29 is 14.3 Å². The van der Waals surface area contributed by atoms with Gasteiger partial charge in [0.1, 0.15) is 11.4 Å². The first kappa shape index (κ1) is 44.7. The molecule has 2 fully saturated rings. The highest BCUT2D eigenvalue weighted by Crippen LogP contribution is 2.47. The Labute approximate surface area is 384 Å². The average Bonchev–Trinajstić information content (AvgIpc) is 4.18. The van der Waals surface area contributed by atoms with Crippen molar-refractivity contribution >= 4 is 69.3 Å². The van der Waals surface area contributed by atoms with E-state index in [1.807, 2.05) is 36.4 Å². The summed E-state index contributed by atoms with van der Waals surface area (Å²) in [7, 11) is 4.49. The number of fused-ring (bicyclic) bond motifs is 6. The van der Waals surface area contributed by atoms with E-state index in [4.69, 9.17) is 51.3 Å². The molecule has 0 saturated heterocycles. The van der Waals surface area contributed by atoms with Gasteiger partial charge < -0.3 is 15.8 Å². The topological polar surface area (TPSA) is 147 Å². The zero-order chi connectivity index (χ0) is 45.1. The summed E-state index contributed by atoms with van der Waals surface area (Å²) in [4.78, 5) is 40.1.